The lowest BCUT2D eigenvalue weighted by Crippen LogP contribution is -2.64. The Kier molecular flexibility index (Phi) is 3.06. The number of nitrogens with zero attached hydrogens (tertiary/aromatic N) is 2. The standard InChI is InChI=1S/C14H19N3O/c1-11-4-2-3-5-12(11)17-9-8-16-7-6-15-10-13(16)14(17)18/h2-5,13,15H,6-10H2,1H3. The van der Waals surface area contributed by atoms with Gasteiger partial charge in [-0.05, 0) is 18.6 Å². The van der Waals surface area contributed by atoms with Crippen molar-refractivity contribution in [2.24, 2.45) is 0 Å². The van der Waals surface area contributed by atoms with Crippen LogP contribution in [0.2, 0.25) is 0 Å². The van der Waals surface area contributed by atoms with Crippen molar-refractivity contribution in [3.05, 3.63) is 29.8 Å². The van der Waals surface area contributed by atoms with E-state index < -0.39 is 0 Å². The Labute approximate surface area is 108 Å². The lowest BCUT2D eigenvalue weighted by Gasteiger charge is -2.43. The molecule has 4 nitrogen and oxygen atoms in total. The fraction of sp³-hybridized carbons (Fsp3) is 0.500. The molecule has 1 amide bonds. The van der Waals surface area contributed by atoms with Crippen molar-refractivity contribution in [2.45, 2.75) is 13.0 Å². The topological polar surface area (TPSA) is 35.6 Å². The van der Waals surface area contributed by atoms with Crippen LogP contribution >= 0.6 is 0 Å². The van der Waals surface area contributed by atoms with Crippen LogP contribution in [-0.4, -0.2) is 49.6 Å². The number of hydrogen-bond acceptors (Lipinski definition) is 3. The van der Waals surface area contributed by atoms with E-state index in [0.717, 1.165) is 38.4 Å². The first kappa shape index (κ1) is 11.7. The summed E-state index contributed by atoms with van der Waals surface area (Å²) in [4.78, 5) is 16.8. The lowest BCUT2D eigenvalue weighted by molar-refractivity contribution is -0.126. The highest BCUT2D eigenvalue weighted by Gasteiger charge is 2.36. The molecule has 1 unspecified atom stereocenters. The first-order valence-corrected chi connectivity index (χ1v) is 6.59. The van der Waals surface area contributed by atoms with Gasteiger partial charge in [0.1, 0.15) is 6.04 Å². The molecule has 4 heteroatoms. The highest BCUT2D eigenvalue weighted by atomic mass is 16.2. The number of anilines is 1. The molecular formula is C14H19N3O. The molecule has 96 valence electrons. The first-order chi connectivity index (χ1) is 8.77. The molecule has 0 bridgehead atoms. The zero-order chi connectivity index (χ0) is 12.5. The van der Waals surface area contributed by atoms with Gasteiger partial charge in [-0.25, -0.2) is 0 Å². The molecule has 3 rings (SSSR count). The SMILES string of the molecule is Cc1ccccc1N1CCN2CCNCC2C1=O. The monoisotopic (exact) mass is 245 g/mol. The molecule has 0 aromatic heterocycles. The minimum absolute atomic E-state index is 0.0205. The van der Waals surface area contributed by atoms with Gasteiger partial charge >= 0.3 is 0 Å². The minimum Gasteiger partial charge on any atom is -0.313 e. The van der Waals surface area contributed by atoms with E-state index >= 15 is 0 Å². The maximum Gasteiger partial charge on any atom is 0.245 e. The Morgan fingerprint density at radius 1 is 1.22 bits per heavy atom. The van der Waals surface area contributed by atoms with Crippen LogP contribution < -0.4 is 10.2 Å². The van der Waals surface area contributed by atoms with Crippen LogP contribution in [0.15, 0.2) is 24.3 Å². The molecular weight excluding hydrogens is 226 g/mol. The van der Waals surface area contributed by atoms with Crippen molar-refractivity contribution in [2.75, 3.05) is 37.6 Å². The second-order valence-electron chi connectivity index (χ2n) is 5.03. The van der Waals surface area contributed by atoms with Gasteiger partial charge in [-0.1, -0.05) is 18.2 Å². The summed E-state index contributed by atoms with van der Waals surface area (Å²) in [6, 6.07) is 8.14. The van der Waals surface area contributed by atoms with Crippen molar-refractivity contribution < 1.29 is 4.79 Å². The minimum atomic E-state index is 0.0205. The smallest absolute Gasteiger partial charge is 0.245 e. The third kappa shape index (κ3) is 1.91. The number of piperazine rings is 2. The van der Waals surface area contributed by atoms with Crippen molar-refractivity contribution >= 4 is 11.6 Å². The Balaban J connectivity index is 1.86. The normalized spacial score (nSPS) is 25.1. The summed E-state index contributed by atoms with van der Waals surface area (Å²) in [5.74, 6) is 0.239. The molecule has 2 saturated heterocycles. The predicted octanol–water partition coefficient (Wildman–Crippen LogP) is 0.615. The Bertz CT molecular complexity index is 460. The van der Waals surface area contributed by atoms with Crippen LogP contribution in [0.1, 0.15) is 5.56 Å². The highest BCUT2D eigenvalue weighted by molar-refractivity contribution is 5.98. The zero-order valence-electron chi connectivity index (χ0n) is 10.7. The third-order valence-corrected chi connectivity index (χ3v) is 3.92. The van der Waals surface area contributed by atoms with Crippen LogP contribution in [-0.2, 0) is 4.79 Å². The van der Waals surface area contributed by atoms with E-state index in [4.69, 9.17) is 0 Å². The number of rotatable bonds is 1. The second-order valence-corrected chi connectivity index (χ2v) is 5.03. The quantitative estimate of drug-likeness (QED) is 0.787. The molecule has 1 N–H and O–H groups in total. The van der Waals surface area contributed by atoms with Crippen molar-refractivity contribution in [3.63, 3.8) is 0 Å². The van der Waals surface area contributed by atoms with E-state index in [1.165, 1.54) is 5.56 Å². The molecule has 18 heavy (non-hydrogen) atoms. The lowest BCUT2D eigenvalue weighted by atomic mass is 10.1. The van der Waals surface area contributed by atoms with Gasteiger partial charge in [0.2, 0.25) is 5.91 Å². The number of carbonyl (C=O) groups excluding carboxylic acids is 1. The summed E-state index contributed by atoms with van der Waals surface area (Å²) < 4.78 is 0. The molecule has 0 saturated carbocycles. The molecule has 2 aliphatic heterocycles. The number of hydrogen-bond donors (Lipinski definition) is 1. The summed E-state index contributed by atoms with van der Waals surface area (Å²) in [6.45, 7) is 6.61. The zero-order valence-corrected chi connectivity index (χ0v) is 10.7. The van der Waals surface area contributed by atoms with Crippen LogP contribution in [0.25, 0.3) is 0 Å². The van der Waals surface area contributed by atoms with E-state index in [0.29, 0.717) is 0 Å². The average molecular weight is 245 g/mol. The maximum atomic E-state index is 12.6. The Hall–Kier alpha value is -1.39. The van der Waals surface area contributed by atoms with Gasteiger partial charge in [-0.2, -0.15) is 0 Å². The summed E-state index contributed by atoms with van der Waals surface area (Å²) in [6.07, 6.45) is 0. The number of amides is 1. The summed E-state index contributed by atoms with van der Waals surface area (Å²) >= 11 is 0. The highest BCUT2D eigenvalue weighted by Crippen LogP contribution is 2.24. The fourth-order valence-corrected chi connectivity index (χ4v) is 2.88. The third-order valence-electron chi connectivity index (χ3n) is 3.92. The number of fused-ring (bicyclic) bond motifs is 1. The van der Waals surface area contributed by atoms with Gasteiger partial charge in [0, 0.05) is 38.4 Å². The number of aryl methyl sites for hydroxylation is 1. The van der Waals surface area contributed by atoms with E-state index in [9.17, 15) is 4.79 Å². The number of nitrogens with one attached hydrogen (secondary N) is 1. The molecule has 2 aliphatic rings. The summed E-state index contributed by atoms with van der Waals surface area (Å²) in [5.41, 5.74) is 2.23. The van der Waals surface area contributed by atoms with Crippen LogP contribution in [0.3, 0.4) is 0 Å². The molecule has 2 heterocycles. The van der Waals surface area contributed by atoms with Crippen molar-refractivity contribution in [1.29, 1.82) is 0 Å². The maximum absolute atomic E-state index is 12.6. The number of carbonyl (C=O) groups is 1. The molecule has 2 fully saturated rings. The van der Waals surface area contributed by atoms with E-state index in [1.54, 1.807) is 0 Å². The molecule has 0 aliphatic carbocycles. The molecule has 1 atom stereocenters. The summed E-state index contributed by atoms with van der Waals surface area (Å²) in [7, 11) is 0. The summed E-state index contributed by atoms with van der Waals surface area (Å²) in [5, 5.41) is 3.31. The van der Waals surface area contributed by atoms with E-state index in [2.05, 4.69) is 23.2 Å². The van der Waals surface area contributed by atoms with Crippen molar-refractivity contribution in [1.82, 2.24) is 10.2 Å². The first-order valence-electron chi connectivity index (χ1n) is 6.59. The van der Waals surface area contributed by atoms with Crippen LogP contribution in [0, 0.1) is 6.92 Å². The average Bonchev–Trinajstić information content (AvgIpc) is 2.41. The van der Waals surface area contributed by atoms with Gasteiger partial charge in [0.05, 0.1) is 0 Å². The Morgan fingerprint density at radius 3 is 2.89 bits per heavy atom. The van der Waals surface area contributed by atoms with Gasteiger partial charge in [-0.15, -0.1) is 0 Å². The van der Waals surface area contributed by atoms with Gasteiger partial charge in [-0.3, -0.25) is 9.69 Å². The van der Waals surface area contributed by atoms with Crippen LogP contribution in [0.4, 0.5) is 5.69 Å². The predicted molar refractivity (Wildman–Crippen MR) is 71.8 cm³/mol. The van der Waals surface area contributed by atoms with E-state index in [1.807, 2.05) is 23.1 Å². The van der Waals surface area contributed by atoms with E-state index in [-0.39, 0.29) is 11.9 Å². The van der Waals surface area contributed by atoms with Gasteiger partial charge in [0.25, 0.3) is 0 Å². The van der Waals surface area contributed by atoms with Gasteiger partial charge < -0.3 is 10.2 Å². The van der Waals surface area contributed by atoms with Crippen molar-refractivity contribution in [3.8, 4) is 0 Å². The molecule has 0 radical (unpaired) electrons. The number of para-hydroxylation sites is 1. The van der Waals surface area contributed by atoms with Crippen LogP contribution in [0.5, 0.6) is 0 Å². The second kappa shape index (κ2) is 4.71. The van der Waals surface area contributed by atoms with Gasteiger partial charge in [0.15, 0.2) is 0 Å². The molecule has 0 spiro atoms. The molecule has 1 aromatic carbocycles. The Morgan fingerprint density at radius 2 is 2.06 bits per heavy atom. The molecule has 1 aromatic rings. The largest absolute Gasteiger partial charge is 0.313 e. The fourth-order valence-electron chi connectivity index (χ4n) is 2.88. The number of benzene rings is 1.